The molecule has 4 heteroatoms. The maximum Gasteiger partial charge on any atom is 0.329 e. The average Bonchev–Trinajstić information content (AvgIpc) is 2.67. The van der Waals surface area contributed by atoms with E-state index < -0.39 is 6.04 Å². The Morgan fingerprint density at radius 3 is 2.58 bits per heavy atom. The van der Waals surface area contributed by atoms with Gasteiger partial charge in [0.05, 0.1) is 6.61 Å². The summed E-state index contributed by atoms with van der Waals surface area (Å²) < 4.78 is 5.12. The van der Waals surface area contributed by atoms with Crippen molar-refractivity contribution in [2.24, 2.45) is 17.3 Å². The third-order valence-electron chi connectivity index (χ3n) is 4.92. The zero-order valence-corrected chi connectivity index (χ0v) is 12.2. The highest BCUT2D eigenvalue weighted by molar-refractivity contribution is 5.90. The van der Waals surface area contributed by atoms with Gasteiger partial charge >= 0.3 is 5.97 Å². The van der Waals surface area contributed by atoms with E-state index in [0.29, 0.717) is 18.9 Å². The van der Waals surface area contributed by atoms with Crippen molar-refractivity contribution in [1.82, 2.24) is 5.32 Å². The molecule has 19 heavy (non-hydrogen) atoms. The predicted molar refractivity (Wildman–Crippen MR) is 72.4 cm³/mol. The van der Waals surface area contributed by atoms with E-state index in [1.807, 2.05) is 0 Å². The topological polar surface area (TPSA) is 55.4 Å². The van der Waals surface area contributed by atoms with Crippen molar-refractivity contribution in [3.05, 3.63) is 0 Å². The van der Waals surface area contributed by atoms with Gasteiger partial charge in [0.15, 0.2) is 0 Å². The first-order chi connectivity index (χ1) is 8.98. The van der Waals surface area contributed by atoms with Gasteiger partial charge in [-0.1, -0.05) is 13.8 Å². The van der Waals surface area contributed by atoms with E-state index >= 15 is 0 Å². The Labute approximate surface area is 115 Å². The molecule has 2 aliphatic rings. The second kappa shape index (κ2) is 5.51. The molecule has 2 fully saturated rings. The molecule has 1 spiro atoms. The lowest BCUT2D eigenvalue weighted by atomic mass is 9.64. The summed E-state index contributed by atoms with van der Waals surface area (Å²) in [6, 6.07) is -0.423. The molecule has 0 radical (unpaired) electrons. The molecule has 1 atom stereocenters. The van der Waals surface area contributed by atoms with Gasteiger partial charge in [0.2, 0.25) is 5.91 Å². The molecule has 0 aromatic carbocycles. The van der Waals surface area contributed by atoms with Crippen molar-refractivity contribution >= 4 is 11.9 Å². The maximum atomic E-state index is 12.0. The lowest BCUT2D eigenvalue weighted by molar-refractivity contribution is -0.149. The van der Waals surface area contributed by atoms with E-state index in [4.69, 9.17) is 4.74 Å². The van der Waals surface area contributed by atoms with Crippen molar-refractivity contribution in [1.29, 1.82) is 0 Å². The number of hydrogen-bond acceptors (Lipinski definition) is 3. The first-order valence-electron chi connectivity index (χ1n) is 7.44. The Hall–Kier alpha value is -1.06. The number of carbonyl (C=O) groups is 2. The Morgan fingerprint density at radius 1 is 1.42 bits per heavy atom. The number of esters is 1. The van der Waals surface area contributed by atoms with E-state index in [1.165, 1.54) is 0 Å². The molecule has 2 rings (SSSR count). The zero-order valence-electron chi connectivity index (χ0n) is 12.2. The molecule has 1 aliphatic carbocycles. The number of carbonyl (C=O) groups excluding carboxylic acids is 2. The fourth-order valence-corrected chi connectivity index (χ4v) is 3.67. The molecule has 1 N–H and O–H groups in total. The Balaban J connectivity index is 2.08. The van der Waals surface area contributed by atoms with Gasteiger partial charge in [0.25, 0.3) is 0 Å². The van der Waals surface area contributed by atoms with Gasteiger partial charge < -0.3 is 10.1 Å². The third-order valence-corrected chi connectivity index (χ3v) is 4.92. The molecule has 0 bridgehead atoms. The minimum absolute atomic E-state index is 0.000972. The van der Waals surface area contributed by atoms with Crippen molar-refractivity contribution < 1.29 is 14.3 Å². The second-order valence-electron chi connectivity index (χ2n) is 6.37. The van der Waals surface area contributed by atoms with Crippen molar-refractivity contribution in [3.8, 4) is 0 Å². The second-order valence-corrected chi connectivity index (χ2v) is 6.37. The lowest BCUT2D eigenvalue weighted by Gasteiger charge is -2.40. The molecule has 1 aliphatic heterocycles. The highest BCUT2D eigenvalue weighted by Gasteiger charge is 2.52. The van der Waals surface area contributed by atoms with Crippen LogP contribution in [0, 0.1) is 17.3 Å². The fourth-order valence-electron chi connectivity index (χ4n) is 3.67. The van der Waals surface area contributed by atoms with Gasteiger partial charge in [-0.3, -0.25) is 4.79 Å². The van der Waals surface area contributed by atoms with Gasteiger partial charge in [-0.2, -0.15) is 0 Å². The van der Waals surface area contributed by atoms with Crippen LogP contribution in [0.15, 0.2) is 0 Å². The number of ether oxygens (including phenoxy) is 1. The summed E-state index contributed by atoms with van der Waals surface area (Å²) in [6.45, 7) is 6.68. The molecule has 1 amide bonds. The largest absolute Gasteiger partial charge is 0.464 e. The number of hydrogen-bond donors (Lipinski definition) is 1. The van der Waals surface area contributed by atoms with E-state index in [9.17, 15) is 9.59 Å². The molecule has 1 saturated heterocycles. The summed E-state index contributed by atoms with van der Waals surface area (Å²) in [4.78, 5) is 23.8. The molecular formula is C15H25NO3. The average molecular weight is 267 g/mol. The van der Waals surface area contributed by atoms with Crippen LogP contribution in [0.5, 0.6) is 0 Å². The van der Waals surface area contributed by atoms with E-state index in [1.54, 1.807) is 6.92 Å². The van der Waals surface area contributed by atoms with Crippen LogP contribution in [-0.2, 0) is 14.3 Å². The SMILES string of the molecule is CCOC(=O)C1NC(=O)CC12CCC(C(C)C)CC2. The van der Waals surface area contributed by atoms with Crippen LogP contribution < -0.4 is 5.32 Å². The van der Waals surface area contributed by atoms with Gasteiger partial charge in [-0.15, -0.1) is 0 Å². The maximum absolute atomic E-state index is 12.0. The van der Waals surface area contributed by atoms with Gasteiger partial charge in [-0.05, 0) is 44.4 Å². The smallest absolute Gasteiger partial charge is 0.329 e. The highest BCUT2D eigenvalue weighted by Crippen LogP contribution is 2.48. The summed E-state index contributed by atoms with van der Waals surface area (Å²) in [5, 5.41) is 2.83. The van der Waals surface area contributed by atoms with Crippen LogP contribution >= 0.6 is 0 Å². The summed E-state index contributed by atoms with van der Waals surface area (Å²) in [6.07, 6.45) is 4.63. The molecule has 1 unspecified atom stereocenters. The van der Waals surface area contributed by atoms with Crippen LogP contribution in [-0.4, -0.2) is 24.5 Å². The van der Waals surface area contributed by atoms with Crippen LogP contribution in [0.2, 0.25) is 0 Å². The van der Waals surface area contributed by atoms with Crippen LogP contribution in [0.4, 0.5) is 0 Å². The lowest BCUT2D eigenvalue weighted by Crippen LogP contribution is -2.46. The Bertz CT molecular complexity index is 356. The molecular weight excluding hydrogens is 242 g/mol. The van der Waals surface area contributed by atoms with Gasteiger partial charge in [0, 0.05) is 11.8 Å². The minimum atomic E-state index is -0.423. The summed E-state index contributed by atoms with van der Waals surface area (Å²) in [7, 11) is 0. The molecule has 108 valence electrons. The monoisotopic (exact) mass is 267 g/mol. The quantitative estimate of drug-likeness (QED) is 0.798. The number of nitrogens with one attached hydrogen (secondary N) is 1. The van der Waals surface area contributed by atoms with Crippen LogP contribution in [0.25, 0.3) is 0 Å². The van der Waals surface area contributed by atoms with Crippen LogP contribution in [0.3, 0.4) is 0 Å². The first kappa shape index (κ1) is 14.4. The summed E-state index contributed by atoms with van der Waals surface area (Å²) >= 11 is 0. The summed E-state index contributed by atoms with van der Waals surface area (Å²) in [5.74, 6) is 1.16. The third kappa shape index (κ3) is 2.77. The molecule has 4 nitrogen and oxygen atoms in total. The highest BCUT2D eigenvalue weighted by atomic mass is 16.5. The molecule has 1 heterocycles. The van der Waals surface area contributed by atoms with Crippen LogP contribution in [0.1, 0.15) is 52.9 Å². The zero-order chi connectivity index (χ0) is 14.0. The molecule has 0 aromatic heterocycles. The van der Waals surface area contributed by atoms with E-state index in [2.05, 4.69) is 19.2 Å². The number of rotatable bonds is 3. The normalized spacial score (nSPS) is 34.6. The summed E-state index contributed by atoms with van der Waals surface area (Å²) in [5.41, 5.74) is -0.186. The van der Waals surface area contributed by atoms with Gasteiger partial charge in [-0.25, -0.2) is 4.79 Å². The minimum Gasteiger partial charge on any atom is -0.464 e. The first-order valence-corrected chi connectivity index (χ1v) is 7.44. The van der Waals surface area contributed by atoms with E-state index in [0.717, 1.165) is 31.6 Å². The standard InChI is InChI=1S/C15H25NO3/c1-4-19-14(18)13-15(9-12(17)16-13)7-5-11(6-8-15)10(2)3/h10-11,13H,4-9H2,1-3H3,(H,16,17). The fraction of sp³-hybridized carbons (Fsp3) is 0.867. The van der Waals surface area contributed by atoms with Gasteiger partial charge in [0.1, 0.15) is 6.04 Å². The van der Waals surface area contributed by atoms with Crippen molar-refractivity contribution in [2.45, 2.75) is 58.9 Å². The van der Waals surface area contributed by atoms with Crippen molar-refractivity contribution in [3.63, 3.8) is 0 Å². The molecule has 0 aromatic rings. The Kier molecular flexibility index (Phi) is 4.16. The Morgan fingerprint density at radius 2 is 2.05 bits per heavy atom. The number of amides is 1. The van der Waals surface area contributed by atoms with E-state index in [-0.39, 0.29) is 17.3 Å². The molecule has 1 saturated carbocycles. The van der Waals surface area contributed by atoms with Crippen molar-refractivity contribution in [2.75, 3.05) is 6.61 Å². The predicted octanol–water partition coefficient (Wildman–Crippen LogP) is 2.27.